The Morgan fingerprint density at radius 1 is 0.328 bits per heavy atom. The van der Waals surface area contributed by atoms with Crippen molar-refractivity contribution in [3.8, 4) is 22.3 Å². The number of furan rings is 1. The maximum Gasteiger partial charge on any atom is 0.143 e. The molecule has 58 heavy (non-hydrogen) atoms. The third-order valence-corrected chi connectivity index (χ3v) is 12.2. The predicted molar refractivity (Wildman–Crippen MR) is 247 cm³/mol. The zero-order chi connectivity index (χ0) is 38.4. The molecule has 0 spiro atoms. The van der Waals surface area contributed by atoms with Gasteiger partial charge in [0.1, 0.15) is 11.2 Å². The van der Waals surface area contributed by atoms with E-state index in [2.05, 4.69) is 222 Å². The van der Waals surface area contributed by atoms with E-state index in [1.807, 2.05) is 17.4 Å². The van der Waals surface area contributed by atoms with Crippen molar-refractivity contribution in [2.24, 2.45) is 0 Å². The molecule has 0 amide bonds. The van der Waals surface area contributed by atoms with Crippen molar-refractivity contribution in [3.05, 3.63) is 218 Å². The predicted octanol–water partition coefficient (Wildman–Crippen LogP) is 16.2. The fourth-order valence-corrected chi connectivity index (χ4v) is 9.56. The number of anilines is 6. The maximum atomic E-state index is 6.69. The summed E-state index contributed by atoms with van der Waals surface area (Å²) in [5.41, 5.74) is 12.9. The lowest BCUT2D eigenvalue weighted by Gasteiger charge is -2.26. The number of para-hydroxylation sites is 5. The van der Waals surface area contributed by atoms with Crippen LogP contribution in [0, 0.1) is 0 Å². The third-order valence-electron chi connectivity index (χ3n) is 11.0. The molecule has 0 saturated heterocycles. The minimum Gasteiger partial charge on any atom is -0.455 e. The lowest BCUT2D eigenvalue weighted by molar-refractivity contribution is 0.670. The second-order valence-corrected chi connectivity index (χ2v) is 15.6. The van der Waals surface area contributed by atoms with Crippen molar-refractivity contribution in [2.45, 2.75) is 0 Å². The third kappa shape index (κ3) is 5.90. The molecule has 0 N–H and O–H groups in total. The zero-order valence-corrected chi connectivity index (χ0v) is 32.3. The Balaban J connectivity index is 1.10. The Bertz CT molecular complexity index is 2910. The summed E-state index contributed by atoms with van der Waals surface area (Å²) in [5.74, 6) is 0. The number of hydrogen-bond donors (Lipinski definition) is 0. The fourth-order valence-electron chi connectivity index (χ4n) is 8.34. The lowest BCUT2D eigenvalue weighted by atomic mass is 9.96. The highest BCUT2D eigenvalue weighted by Gasteiger charge is 2.21. The van der Waals surface area contributed by atoms with Crippen LogP contribution in [0.15, 0.2) is 223 Å². The Labute approximate surface area is 340 Å². The van der Waals surface area contributed by atoms with Crippen molar-refractivity contribution in [3.63, 3.8) is 0 Å². The summed E-state index contributed by atoms with van der Waals surface area (Å²) in [4.78, 5) is 4.69. The van der Waals surface area contributed by atoms with Gasteiger partial charge >= 0.3 is 0 Å². The average Bonchev–Trinajstić information content (AvgIpc) is 3.86. The molecule has 2 heterocycles. The first-order valence-electron chi connectivity index (χ1n) is 19.6. The Morgan fingerprint density at radius 3 is 1.31 bits per heavy atom. The van der Waals surface area contributed by atoms with Gasteiger partial charge < -0.3 is 14.2 Å². The van der Waals surface area contributed by atoms with Crippen LogP contribution >= 0.6 is 11.3 Å². The van der Waals surface area contributed by atoms with E-state index in [9.17, 15) is 0 Å². The van der Waals surface area contributed by atoms with Gasteiger partial charge in [0.05, 0.1) is 0 Å². The number of rotatable bonds is 8. The molecule has 0 saturated carbocycles. The van der Waals surface area contributed by atoms with Crippen molar-refractivity contribution in [2.75, 3.05) is 9.80 Å². The standard InChI is InChI=1S/C54H36N2OS/c1-5-17-39(18-6-1)55(40-19-7-2-8-20-40)43-33-47(53-49(35-43)45-25-13-15-27-51(45)57-53)37-29-31-38(32-30-37)48-34-44(36-50-46-26-14-16-28-52(46)58-54(48)50)56(41-21-9-3-10-22-41)42-23-11-4-12-24-42/h1-36H. The highest BCUT2D eigenvalue weighted by molar-refractivity contribution is 7.26. The summed E-state index contributed by atoms with van der Waals surface area (Å²) in [6.07, 6.45) is 0. The molecule has 3 nitrogen and oxygen atoms in total. The monoisotopic (exact) mass is 760 g/mol. The maximum absolute atomic E-state index is 6.69. The highest BCUT2D eigenvalue weighted by Crippen LogP contribution is 2.47. The summed E-state index contributed by atoms with van der Waals surface area (Å²) in [7, 11) is 0. The van der Waals surface area contributed by atoms with Gasteiger partial charge in [0.15, 0.2) is 0 Å². The van der Waals surface area contributed by atoms with Crippen molar-refractivity contribution in [1.82, 2.24) is 0 Å². The van der Waals surface area contributed by atoms with Crippen LogP contribution in [0.5, 0.6) is 0 Å². The van der Waals surface area contributed by atoms with E-state index in [-0.39, 0.29) is 0 Å². The summed E-state index contributed by atoms with van der Waals surface area (Å²) >= 11 is 1.86. The summed E-state index contributed by atoms with van der Waals surface area (Å²) in [5, 5.41) is 4.72. The van der Waals surface area contributed by atoms with Crippen LogP contribution in [-0.2, 0) is 0 Å². The van der Waals surface area contributed by atoms with Gasteiger partial charge in [-0.15, -0.1) is 11.3 Å². The molecule has 0 aliphatic heterocycles. The molecule has 0 fully saturated rings. The summed E-state index contributed by atoms with van der Waals surface area (Å²) < 4.78 is 9.26. The first kappa shape index (κ1) is 33.9. The molecule has 9 aromatic carbocycles. The quantitative estimate of drug-likeness (QED) is 0.154. The van der Waals surface area contributed by atoms with E-state index in [0.29, 0.717) is 0 Å². The normalized spacial score (nSPS) is 11.4. The molecular weight excluding hydrogens is 725 g/mol. The van der Waals surface area contributed by atoms with Crippen molar-refractivity contribution in [1.29, 1.82) is 0 Å². The molecular formula is C54H36N2OS. The number of thiophene rings is 1. The van der Waals surface area contributed by atoms with E-state index in [0.717, 1.165) is 72.8 Å². The fraction of sp³-hybridized carbons (Fsp3) is 0. The van der Waals surface area contributed by atoms with Crippen LogP contribution in [0.3, 0.4) is 0 Å². The Morgan fingerprint density at radius 2 is 0.759 bits per heavy atom. The number of fused-ring (bicyclic) bond motifs is 6. The number of benzene rings is 9. The van der Waals surface area contributed by atoms with E-state index >= 15 is 0 Å². The van der Waals surface area contributed by atoms with Gasteiger partial charge in [-0.05, 0) is 96.1 Å². The van der Waals surface area contributed by atoms with Gasteiger partial charge in [0.25, 0.3) is 0 Å². The molecule has 4 heteroatoms. The van der Waals surface area contributed by atoms with Gasteiger partial charge in [0, 0.05) is 76.2 Å². The van der Waals surface area contributed by atoms with Crippen LogP contribution in [0.25, 0.3) is 64.4 Å². The zero-order valence-electron chi connectivity index (χ0n) is 31.5. The van der Waals surface area contributed by atoms with E-state index in [4.69, 9.17) is 4.42 Å². The van der Waals surface area contributed by atoms with Crippen molar-refractivity contribution >= 4 is 87.6 Å². The van der Waals surface area contributed by atoms with Gasteiger partial charge in [-0.25, -0.2) is 0 Å². The van der Waals surface area contributed by atoms with Gasteiger partial charge in [0.2, 0.25) is 0 Å². The van der Waals surface area contributed by atoms with E-state index in [1.165, 1.54) is 25.7 Å². The van der Waals surface area contributed by atoms with Crippen LogP contribution in [0.2, 0.25) is 0 Å². The molecule has 11 aromatic rings. The molecule has 0 bridgehead atoms. The smallest absolute Gasteiger partial charge is 0.143 e. The van der Waals surface area contributed by atoms with Gasteiger partial charge in [-0.2, -0.15) is 0 Å². The Kier molecular flexibility index (Phi) is 8.34. The van der Waals surface area contributed by atoms with Crippen LogP contribution < -0.4 is 9.80 Å². The topological polar surface area (TPSA) is 19.6 Å². The number of nitrogens with zero attached hydrogens (tertiary/aromatic N) is 2. The minimum atomic E-state index is 0.879. The minimum absolute atomic E-state index is 0.879. The largest absolute Gasteiger partial charge is 0.455 e. The molecule has 2 aromatic heterocycles. The van der Waals surface area contributed by atoms with Crippen LogP contribution in [-0.4, -0.2) is 0 Å². The molecule has 0 aliphatic carbocycles. The molecule has 274 valence electrons. The lowest BCUT2D eigenvalue weighted by Crippen LogP contribution is -2.10. The number of hydrogen-bond acceptors (Lipinski definition) is 4. The molecule has 0 aliphatic rings. The molecule has 0 radical (unpaired) electrons. The van der Waals surface area contributed by atoms with Gasteiger partial charge in [-0.1, -0.05) is 133 Å². The highest BCUT2D eigenvalue weighted by atomic mass is 32.1. The average molecular weight is 761 g/mol. The molecule has 0 atom stereocenters. The Hall–Kier alpha value is -7.40. The van der Waals surface area contributed by atoms with Crippen LogP contribution in [0.1, 0.15) is 0 Å². The SMILES string of the molecule is c1ccc(N(c2ccccc2)c2cc(-c3ccc(-c4cc(N(c5ccccc5)c5ccccc5)cc5c4sc4ccccc45)cc3)c3oc4ccccc4c3c2)cc1. The van der Waals surface area contributed by atoms with Gasteiger partial charge in [-0.3, -0.25) is 0 Å². The van der Waals surface area contributed by atoms with E-state index < -0.39 is 0 Å². The second kappa shape index (κ2) is 14.3. The van der Waals surface area contributed by atoms with E-state index in [1.54, 1.807) is 0 Å². The van der Waals surface area contributed by atoms with Crippen LogP contribution in [0.4, 0.5) is 34.1 Å². The second-order valence-electron chi connectivity index (χ2n) is 14.5. The first-order valence-corrected chi connectivity index (χ1v) is 20.4. The summed E-state index contributed by atoms with van der Waals surface area (Å²) in [6, 6.07) is 77.9. The molecule has 0 unspecified atom stereocenters. The first-order chi connectivity index (χ1) is 28.8. The van der Waals surface area contributed by atoms with Crippen molar-refractivity contribution < 1.29 is 4.42 Å². The summed E-state index contributed by atoms with van der Waals surface area (Å²) in [6.45, 7) is 0. The molecule has 11 rings (SSSR count).